The number of esters is 1. The third-order valence-electron chi connectivity index (χ3n) is 6.40. The molecule has 1 aromatic rings. The SMILES string of the molecule is C[C@H](OC(=O)c1ccccc1OC(F)F)C(=O)NC12CC3CC(CC(C3)C1)C2. The molecule has 4 aliphatic rings. The molecule has 4 aliphatic carbocycles. The van der Waals surface area contributed by atoms with Crippen LogP contribution in [-0.2, 0) is 9.53 Å². The molecule has 28 heavy (non-hydrogen) atoms. The van der Waals surface area contributed by atoms with Crippen LogP contribution in [0.2, 0.25) is 0 Å². The van der Waals surface area contributed by atoms with Gasteiger partial charge in [-0.1, -0.05) is 12.1 Å². The number of nitrogens with one attached hydrogen (secondary N) is 1. The van der Waals surface area contributed by atoms with Gasteiger partial charge in [0, 0.05) is 5.54 Å². The van der Waals surface area contributed by atoms with E-state index in [1.54, 1.807) is 0 Å². The van der Waals surface area contributed by atoms with Crippen molar-refractivity contribution >= 4 is 11.9 Å². The van der Waals surface area contributed by atoms with Gasteiger partial charge in [0.25, 0.3) is 5.91 Å². The molecule has 5 nitrogen and oxygen atoms in total. The van der Waals surface area contributed by atoms with Crippen molar-refractivity contribution in [2.45, 2.75) is 63.7 Å². The summed E-state index contributed by atoms with van der Waals surface area (Å²) in [6, 6.07) is 5.61. The van der Waals surface area contributed by atoms with E-state index in [-0.39, 0.29) is 22.8 Å². The molecule has 0 aromatic heterocycles. The average molecular weight is 393 g/mol. The summed E-state index contributed by atoms with van der Waals surface area (Å²) in [5.41, 5.74) is -0.305. The van der Waals surface area contributed by atoms with Crippen molar-refractivity contribution in [3.05, 3.63) is 29.8 Å². The number of carbonyl (C=O) groups is 2. The maximum Gasteiger partial charge on any atom is 0.387 e. The van der Waals surface area contributed by atoms with Crippen LogP contribution in [0.3, 0.4) is 0 Å². The largest absolute Gasteiger partial charge is 0.449 e. The van der Waals surface area contributed by atoms with Crippen molar-refractivity contribution in [1.82, 2.24) is 5.32 Å². The Labute approximate surface area is 162 Å². The van der Waals surface area contributed by atoms with Gasteiger partial charge in [-0.2, -0.15) is 8.78 Å². The van der Waals surface area contributed by atoms with E-state index in [0.717, 1.165) is 19.3 Å². The van der Waals surface area contributed by atoms with E-state index in [1.807, 2.05) is 0 Å². The topological polar surface area (TPSA) is 64.6 Å². The van der Waals surface area contributed by atoms with Gasteiger partial charge >= 0.3 is 12.6 Å². The van der Waals surface area contributed by atoms with Crippen LogP contribution in [0.25, 0.3) is 0 Å². The van der Waals surface area contributed by atoms with Crippen LogP contribution < -0.4 is 10.1 Å². The number of rotatable bonds is 6. The quantitative estimate of drug-likeness (QED) is 0.744. The second kappa shape index (κ2) is 7.33. The first-order chi connectivity index (χ1) is 13.3. The molecule has 7 heteroatoms. The molecule has 0 saturated heterocycles. The first-order valence-electron chi connectivity index (χ1n) is 9.90. The molecule has 5 rings (SSSR count). The number of hydrogen-bond donors (Lipinski definition) is 1. The van der Waals surface area contributed by atoms with Gasteiger partial charge in [0.15, 0.2) is 6.10 Å². The van der Waals surface area contributed by atoms with E-state index in [4.69, 9.17) is 4.74 Å². The van der Waals surface area contributed by atoms with Crippen molar-refractivity contribution in [2.75, 3.05) is 0 Å². The summed E-state index contributed by atoms with van der Waals surface area (Å²) in [5, 5.41) is 3.16. The Kier molecular flexibility index (Phi) is 5.02. The summed E-state index contributed by atoms with van der Waals surface area (Å²) in [6.07, 6.45) is 5.77. The number of halogens is 2. The fourth-order valence-corrected chi connectivity index (χ4v) is 5.74. The first-order valence-corrected chi connectivity index (χ1v) is 9.90. The lowest BCUT2D eigenvalue weighted by Crippen LogP contribution is -2.61. The zero-order chi connectivity index (χ0) is 19.9. The summed E-state index contributed by atoms with van der Waals surface area (Å²) in [7, 11) is 0. The van der Waals surface area contributed by atoms with E-state index >= 15 is 0 Å². The molecule has 1 N–H and O–H groups in total. The van der Waals surface area contributed by atoms with E-state index in [9.17, 15) is 18.4 Å². The van der Waals surface area contributed by atoms with Crippen molar-refractivity contribution in [3.63, 3.8) is 0 Å². The summed E-state index contributed by atoms with van der Waals surface area (Å²) in [4.78, 5) is 25.1. The Bertz CT molecular complexity index is 731. The molecule has 4 bridgehead atoms. The molecular formula is C21H25F2NO4. The van der Waals surface area contributed by atoms with Crippen molar-refractivity contribution in [1.29, 1.82) is 0 Å². The molecule has 4 fully saturated rings. The number of ether oxygens (including phenoxy) is 2. The van der Waals surface area contributed by atoms with Crippen LogP contribution >= 0.6 is 0 Å². The van der Waals surface area contributed by atoms with Crippen molar-refractivity contribution in [3.8, 4) is 5.75 Å². The standard InChI is InChI=1S/C21H25F2NO4/c1-12(27-19(26)16-4-2-3-5-17(16)28-20(22)23)18(25)24-21-9-13-6-14(10-21)8-15(7-13)11-21/h2-5,12-15,20H,6-11H2,1H3,(H,24,25)/t12-,13?,14?,15?,21?/m0/s1. The minimum absolute atomic E-state index is 0.128. The first kappa shape index (κ1) is 19.2. The number of para-hydroxylation sites is 1. The fraction of sp³-hybridized carbons (Fsp3) is 0.619. The Morgan fingerprint density at radius 1 is 1.07 bits per heavy atom. The lowest BCUT2D eigenvalue weighted by molar-refractivity contribution is -0.134. The van der Waals surface area contributed by atoms with Gasteiger partial charge in [0.2, 0.25) is 0 Å². The van der Waals surface area contributed by atoms with Crippen LogP contribution in [0.1, 0.15) is 55.8 Å². The molecule has 1 atom stereocenters. The molecule has 0 radical (unpaired) electrons. The molecule has 0 heterocycles. The maximum absolute atomic E-state index is 12.7. The second-order valence-electron chi connectivity index (χ2n) is 8.61. The molecular weight excluding hydrogens is 368 g/mol. The summed E-state index contributed by atoms with van der Waals surface area (Å²) in [5.74, 6) is 0.594. The van der Waals surface area contributed by atoms with Gasteiger partial charge in [-0.05, 0) is 75.3 Å². The predicted molar refractivity (Wildman–Crippen MR) is 97.0 cm³/mol. The Balaban J connectivity index is 1.39. The van der Waals surface area contributed by atoms with Gasteiger partial charge in [-0.15, -0.1) is 0 Å². The molecule has 1 amide bonds. The third-order valence-corrected chi connectivity index (χ3v) is 6.40. The van der Waals surface area contributed by atoms with Crippen molar-refractivity contribution < 1.29 is 27.8 Å². The normalized spacial score (nSPS) is 31.5. The monoisotopic (exact) mass is 393 g/mol. The van der Waals surface area contributed by atoms with Gasteiger partial charge in [0.05, 0.1) is 0 Å². The highest BCUT2D eigenvalue weighted by atomic mass is 19.3. The van der Waals surface area contributed by atoms with Crippen LogP contribution in [0.15, 0.2) is 24.3 Å². The molecule has 0 spiro atoms. The van der Waals surface area contributed by atoms with E-state index < -0.39 is 18.7 Å². The Morgan fingerprint density at radius 2 is 1.64 bits per heavy atom. The molecule has 152 valence electrons. The highest BCUT2D eigenvalue weighted by molar-refractivity contribution is 5.94. The van der Waals surface area contributed by atoms with Crippen LogP contribution in [0.4, 0.5) is 8.78 Å². The van der Waals surface area contributed by atoms with Crippen LogP contribution in [-0.4, -0.2) is 30.1 Å². The van der Waals surface area contributed by atoms with E-state index in [0.29, 0.717) is 17.8 Å². The van der Waals surface area contributed by atoms with Gasteiger partial charge < -0.3 is 14.8 Å². The third kappa shape index (κ3) is 3.84. The van der Waals surface area contributed by atoms with Crippen LogP contribution in [0.5, 0.6) is 5.75 Å². The maximum atomic E-state index is 12.7. The molecule has 1 aromatic carbocycles. The fourth-order valence-electron chi connectivity index (χ4n) is 5.74. The summed E-state index contributed by atoms with van der Waals surface area (Å²) < 4.78 is 34.7. The lowest BCUT2D eigenvalue weighted by Gasteiger charge is -2.57. The number of amides is 1. The smallest absolute Gasteiger partial charge is 0.387 e. The predicted octanol–water partition coefficient (Wildman–Crippen LogP) is 3.92. The van der Waals surface area contributed by atoms with Crippen molar-refractivity contribution in [2.24, 2.45) is 17.8 Å². The Morgan fingerprint density at radius 3 is 2.21 bits per heavy atom. The van der Waals surface area contributed by atoms with E-state index in [2.05, 4.69) is 10.1 Å². The van der Waals surface area contributed by atoms with Gasteiger partial charge in [-0.3, -0.25) is 4.79 Å². The molecule has 0 aliphatic heterocycles. The second-order valence-corrected chi connectivity index (χ2v) is 8.61. The minimum atomic E-state index is -3.05. The number of alkyl halides is 2. The highest BCUT2D eigenvalue weighted by Gasteiger charge is 2.51. The van der Waals surface area contributed by atoms with Gasteiger partial charge in [-0.25, -0.2) is 4.79 Å². The van der Waals surface area contributed by atoms with Crippen LogP contribution in [0, 0.1) is 17.8 Å². The number of carbonyl (C=O) groups excluding carboxylic acids is 2. The van der Waals surface area contributed by atoms with E-state index in [1.165, 1.54) is 50.5 Å². The number of benzene rings is 1. The molecule has 4 saturated carbocycles. The zero-order valence-corrected chi connectivity index (χ0v) is 15.8. The summed E-state index contributed by atoms with van der Waals surface area (Å²) in [6.45, 7) is -1.55. The average Bonchev–Trinajstić information content (AvgIpc) is 2.59. The minimum Gasteiger partial charge on any atom is -0.449 e. The van der Waals surface area contributed by atoms with Gasteiger partial charge in [0.1, 0.15) is 11.3 Å². The number of hydrogen-bond acceptors (Lipinski definition) is 4. The highest BCUT2D eigenvalue weighted by Crippen LogP contribution is 2.55. The Hall–Kier alpha value is -2.18. The molecule has 0 unspecified atom stereocenters. The zero-order valence-electron chi connectivity index (χ0n) is 15.8. The summed E-state index contributed by atoms with van der Waals surface area (Å²) >= 11 is 0. The lowest BCUT2D eigenvalue weighted by atomic mass is 9.53.